The van der Waals surface area contributed by atoms with Crippen molar-refractivity contribution in [2.24, 2.45) is 5.73 Å². The predicted octanol–water partition coefficient (Wildman–Crippen LogP) is 5.05. The number of nitrogens with two attached hydrogens (primary N) is 1. The van der Waals surface area contributed by atoms with Crippen LogP contribution in [0.4, 0.5) is 4.39 Å². The molecule has 2 aromatic rings. The lowest BCUT2D eigenvalue weighted by atomic mass is 10.0. The Balaban J connectivity index is 1.77. The Bertz CT molecular complexity index is 614. The molecule has 0 amide bonds. The summed E-state index contributed by atoms with van der Waals surface area (Å²) in [4.78, 5) is 2.73. The van der Waals surface area contributed by atoms with Crippen LogP contribution in [-0.4, -0.2) is 0 Å². The molecule has 0 aliphatic heterocycles. The SMILES string of the molecule is NC(Cc1ccc(F)cc1Cl)c1cc2c(s1)CCCCC2. The fourth-order valence-electron chi connectivity index (χ4n) is 2.90. The molecule has 1 unspecified atom stereocenters. The van der Waals surface area contributed by atoms with E-state index in [9.17, 15) is 4.39 Å². The molecule has 4 heteroatoms. The van der Waals surface area contributed by atoms with E-state index in [2.05, 4.69) is 6.07 Å². The molecule has 0 fully saturated rings. The van der Waals surface area contributed by atoms with Gasteiger partial charge in [0, 0.05) is 20.8 Å². The lowest BCUT2D eigenvalue weighted by Crippen LogP contribution is -2.12. The summed E-state index contributed by atoms with van der Waals surface area (Å²) in [5.74, 6) is -0.305. The van der Waals surface area contributed by atoms with Crippen LogP contribution >= 0.6 is 22.9 Å². The van der Waals surface area contributed by atoms with Gasteiger partial charge in [0.2, 0.25) is 0 Å². The molecule has 1 aliphatic rings. The van der Waals surface area contributed by atoms with Gasteiger partial charge in [-0.25, -0.2) is 4.39 Å². The topological polar surface area (TPSA) is 26.0 Å². The molecule has 3 rings (SSSR count). The van der Waals surface area contributed by atoms with Gasteiger partial charge in [0.1, 0.15) is 5.82 Å². The molecular weight excluding hydrogens is 305 g/mol. The maximum absolute atomic E-state index is 13.1. The third-order valence-corrected chi connectivity index (χ3v) is 5.81. The number of thiophene rings is 1. The first-order valence-electron chi connectivity index (χ1n) is 7.44. The van der Waals surface area contributed by atoms with Gasteiger partial charge in [-0.1, -0.05) is 24.1 Å². The van der Waals surface area contributed by atoms with Gasteiger partial charge in [0.15, 0.2) is 0 Å². The molecular formula is C17H19ClFNS. The zero-order valence-corrected chi connectivity index (χ0v) is 13.4. The molecule has 0 saturated heterocycles. The lowest BCUT2D eigenvalue weighted by molar-refractivity contribution is 0.626. The summed E-state index contributed by atoms with van der Waals surface area (Å²) >= 11 is 7.93. The number of aryl methyl sites for hydroxylation is 2. The number of fused-ring (bicyclic) bond motifs is 1. The predicted molar refractivity (Wildman–Crippen MR) is 87.6 cm³/mol. The normalized spacial score (nSPS) is 16.3. The first kappa shape index (κ1) is 15.0. The van der Waals surface area contributed by atoms with Crippen molar-refractivity contribution in [3.05, 3.63) is 56.0 Å². The van der Waals surface area contributed by atoms with Crippen LogP contribution in [0.25, 0.3) is 0 Å². The Hall–Kier alpha value is -0.900. The highest BCUT2D eigenvalue weighted by atomic mass is 35.5. The van der Waals surface area contributed by atoms with E-state index in [0.29, 0.717) is 11.4 Å². The standard InChI is InChI=1S/C17H19ClFNS/c18-14-10-13(19)7-6-11(14)8-15(20)17-9-12-4-2-1-3-5-16(12)21-17/h6-7,9-10,15H,1-5,8,20H2. The highest BCUT2D eigenvalue weighted by molar-refractivity contribution is 7.12. The molecule has 112 valence electrons. The molecule has 0 saturated carbocycles. The van der Waals surface area contributed by atoms with Crippen molar-refractivity contribution >= 4 is 22.9 Å². The molecule has 1 nitrogen and oxygen atoms in total. The Morgan fingerprint density at radius 3 is 2.81 bits per heavy atom. The van der Waals surface area contributed by atoms with E-state index in [1.54, 1.807) is 6.07 Å². The largest absolute Gasteiger partial charge is 0.323 e. The summed E-state index contributed by atoms with van der Waals surface area (Å²) < 4.78 is 13.1. The van der Waals surface area contributed by atoms with Crippen LogP contribution in [-0.2, 0) is 19.3 Å². The molecule has 1 atom stereocenters. The highest BCUT2D eigenvalue weighted by Gasteiger charge is 2.17. The summed E-state index contributed by atoms with van der Waals surface area (Å²) in [6.07, 6.45) is 6.90. The van der Waals surface area contributed by atoms with Gasteiger partial charge < -0.3 is 5.73 Å². The molecule has 0 bridgehead atoms. The number of rotatable bonds is 3. The Morgan fingerprint density at radius 1 is 1.19 bits per heavy atom. The minimum absolute atomic E-state index is 0.0649. The fraction of sp³-hybridized carbons (Fsp3) is 0.412. The van der Waals surface area contributed by atoms with Crippen molar-refractivity contribution < 1.29 is 4.39 Å². The van der Waals surface area contributed by atoms with Gasteiger partial charge in [-0.15, -0.1) is 11.3 Å². The Morgan fingerprint density at radius 2 is 2.00 bits per heavy atom. The van der Waals surface area contributed by atoms with Gasteiger partial charge in [-0.05, 0) is 61.4 Å². The average molecular weight is 324 g/mol. The van der Waals surface area contributed by atoms with Crippen molar-refractivity contribution in [2.45, 2.75) is 44.6 Å². The number of benzene rings is 1. The summed E-state index contributed by atoms with van der Waals surface area (Å²) in [6.45, 7) is 0. The van der Waals surface area contributed by atoms with Crippen LogP contribution in [0.15, 0.2) is 24.3 Å². The fourth-order valence-corrected chi connectivity index (χ4v) is 4.40. The van der Waals surface area contributed by atoms with Gasteiger partial charge in [0.25, 0.3) is 0 Å². The molecule has 1 aromatic carbocycles. The van der Waals surface area contributed by atoms with Crippen LogP contribution in [0.3, 0.4) is 0 Å². The van der Waals surface area contributed by atoms with Gasteiger partial charge in [-0.2, -0.15) is 0 Å². The van der Waals surface area contributed by atoms with E-state index in [1.165, 1.54) is 59.6 Å². The molecule has 21 heavy (non-hydrogen) atoms. The van der Waals surface area contributed by atoms with Crippen molar-refractivity contribution in [2.75, 3.05) is 0 Å². The number of hydrogen-bond donors (Lipinski definition) is 1. The lowest BCUT2D eigenvalue weighted by Gasteiger charge is -2.11. The van der Waals surface area contributed by atoms with E-state index < -0.39 is 0 Å². The molecule has 2 N–H and O–H groups in total. The van der Waals surface area contributed by atoms with Gasteiger partial charge >= 0.3 is 0 Å². The summed E-state index contributed by atoms with van der Waals surface area (Å²) in [6, 6.07) is 6.73. The first-order chi connectivity index (χ1) is 10.1. The maximum Gasteiger partial charge on any atom is 0.124 e. The average Bonchev–Trinajstić information content (AvgIpc) is 2.73. The van der Waals surface area contributed by atoms with Crippen LogP contribution in [0.5, 0.6) is 0 Å². The minimum atomic E-state index is -0.305. The van der Waals surface area contributed by atoms with Crippen molar-refractivity contribution in [1.82, 2.24) is 0 Å². The zero-order valence-electron chi connectivity index (χ0n) is 11.9. The van der Waals surface area contributed by atoms with Crippen molar-refractivity contribution in [3.8, 4) is 0 Å². The summed E-state index contributed by atoms with van der Waals surface area (Å²) in [5.41, 5.74) is 8.73. The van der Waals surface area contributed by atoms with Crippen LogP contribution in [0.1, 0.15) is 46.2 Å². The van der Waals surface area contributed by atoms with E-state index in [-0.39, 0.29) is 11.9 Å². The van der Waals surface area contributed by atoms with Crippen LogP contribution in [0.2, 0.25) is 5.02 Å². The molecule has 0 radical (unpaired) electrons. The van der Waals surface area contributed by atoms with Gasteiger partial charge in [-0.3, -0.25) is 0 Å². The molecule has 1 heterocycles. The van der Waals surface area contributed by atoms with Gasteiger partial charge in [0.05, 0.1) is 0 Å². The summed E-state index contributed by atoms with van der Waals surface area (Å²) in [5, 5.41) is 0.462. The van der Waals surface area contributed by atoms with Crippen LogP contribution < -0.4 is 5.73 Å². The van der Waals surface area contributed by atoms with E-state index in [4.69, 9.17) is 17.3 Å². The van der Waals surface area contributed by atoms with E-state index in [1.807, 2.05) is 11.3 Å². The van der Waals surface area contributed by atoms with Crippen molar-refractivity contribution in [3.63, 3.8) is 0 Å². The Kier molecular flexibility index (Phi) is 4.63. The quantitative estimate of drug-likeness (QED) is 0.786. The van der Waals surface area contributed by atoms with E-state index >= 15 is 0 Å². The molecule has 0 spiro atoms. The molecule has 1 aromatic heterocycles. The molecule has 1 aliphatic carbocycles. The van der Waals surface area contributed by atoms with Crippen LogP contribution in [0, 0.1) is 5.82 Å². The second kappa shape index (κ2) is 6.47. The van der Waals surface area contributed by atoms with E-state index in [0.717, 1.165) is 5.56 Å². The Labute approximate surface area is 133 Å². The first-order valence-corrected chi connectivity index (χ1v) is 8.64. The number of hydrogen-bond acceptors (Lipinski definition) is 2. The second-order valence-electron chi connectivity index (χ2n) is 5.70. The maximum atomic E-state index is 13.1. The second-order valence-corrected chi connectivity index (χ2v) is 7.28. The monoisotopic (exact) mass is 323 g/mol. The summed E-state index contributed by atoms with van der Waals surface area (Å²) in [7, 11) is 0. The zero-order chi connectivity index (χ0) is 14.8. The highest BCUT2D eigenvalue weighted by Crippen LogP contribution is 2.33. The van der Waals surface area contributed by atoms with Crippen molar-refractivity contribution in [1.29, 1.82) is 0 Å². The third kappa shape index (κ3) is 3.47. The minimum Gasteiger partial charge on any atom is -0.323 e. The third-order valence-electron chi connectivity index (χ3n) is 4.09. The smallest absolute Gasteiger partial charge is 0.124 e. The number of halogens is 2.